The number of hydrogen-bond acceptors (Lipinski definition) is 9. The van der Waals surface area contributed by atoms with Crippen molar-refractivity contribution in [3.8, 4) is 5.88 Å². The van der Waals surface area contributed by atoms with Gasteiger partial charge in [0.1, 0.15) is 6.33 Å². The summed E-state index contributed by atoms with van der Waals surface area (Å²) in [6, 6.07) is 3.99. The zero-order valence-electron chi connectivity index (χ0n) is 24.6. The van der Waals surface area contributed by atoms with Crippen LogP contribution in [0.3, 0.4) is 0 Å². The minimum absolute atomic E-state index is 0.256. The summed E-state index contributed by atoms with van der Waals surface area (Å²) < 4.78 is 36.4. The number of rotatable bonds is 8. The molecule has 9 nitrogen and oxygen atoms in total. The number of methoxy groups -OCH3 is 1. The summed E-state index contributed by atoms with van der Waals surface area (Å²) in [6.45, 7) is 20.7. The van der Waals surface area contributed by atoms with Crippen molar-refractivity contribution in [2.75, 3.05) is 13.7 Å². The molecule has 1 unspecified atom stereocenters. The molecule has 2 aliphatic rings. The Labute approximate surface area is 227 Å². The zero-order valence-corrected chi connectivity index (χ0v) is 24.6. The van der Waals surface area contributed by atoms with E-state index in [0.29, 0.717) is 12.5 Å². The van der Waals surface area contributed by atoms with Crippen molar-refractivity contribution in [1.29, 1.82) is 0 Å². The predicted molar refractivity (Wildman–Crippen MR) is 146 cm³/mol. The van der Waals surface area contributed by atoms with Gasteiger partial charge in [-0.25, -0.2) is 9.97 Å². The van der Waals surface area contributed by atoms with Crippen molar-refractivity contribution in [3.05, 3.63) is 42.1 Å². The van der Waals surface area contributed by atoms with Crippen molar-refractivity contribution < 1.29 is 28.0 Å². The highest BCUT2D eigenvalue weighted by Gasteiger charge is 2.54. The molecule has 0 bridgehead atoms. The molecule has 0 spiro atoms. The lowest BCUT2D eigenvalue weighted by Crippen LogP contribution is -2.41. The second kappa shape index (κ2) is 9.86. The van der Waals surface area contributed by atoms with Gasteiger partial charge in [0.2, 0.25) is 5.88 Å². The number of nitrogens with zero attached hydrogens (tertiary/aromatic N) is 3. The van der Waals surface area contributed by atoms with Gasteiger partial charge >= 0.3 is 14.4 Å². The predicted octanol–water partition coefficient (Wildman–Crippen LogP) is 3.94. The van der Waals surface area contributed by atoms with Crippen LogP contribution < -0.4 is 10.2 Å². The van der Waals surface area contributed by atoms with Gasteiger partial charge in [-0.05, 0) is 66.9 Å². The highest BCUT2D eigenvalue weighted by molar-refractivity contribution is 6.62. The number of aromatic nitrogens is 3. The van der Waals surface area contributed by atoms with Gasteiger partial charge in [0.25, 0.3) is 0 Å². The number of hydrogen-bond donors (Lipinski definition) is 0. The SMILES string of the molecule is COc1ncncc1C(c1ccc(B2OC(C)(C)C(C)(C)O2)cn1)C(C)(C)COB1OC(C)(C)C(C)(C)O1. The van der Waals surface area contributed by atoms with Gasteiger partial charge in [0, 0.05) is 41.6 Å². The first kappa shape index (κ1) is 29.0. The lowest BCUT2D eigenvalue weighted by molar-refractivity contribution is 0.00578. The van der Waals surface area contributed by atoms with Crippen LogP contribution >= 0.6 is 0 Å². The largest absolute Gasteiger partial charge is 0.640 e. The van der Waals surface area contributed by atoms with Crippen molar-refractivity contribution in [2.45, 2.75) is 97.6 Å². The quantitative estimate of drug-likeness (QED) is 0.475. The van der Waals surface area contributed by atoms with E-state index in [1.807, 2.05) is 73.7 Å². The first-order chi connectivity index (χ1) is 17.5. The molecule has 2 aromatic heterocycles. The lowest BCUT2D eigenvalue weighted by Gasteiger charge is -2.35. The highest BCUT2D eigenvalue weighted by Crippen LogP contribution is 2.44. The molecule has 11 heteroatoms. The fourth-order valence-electron chi connectivity index (χ4n) is 4.61. The molecule has 0 radical (unpaired) electrons. The van der Waals surface area contributed by atoms with E-state index in [-0.39, 0.29) is 5.92 Å². The summed E-state index contributed by atoms with van der Waals surface area (Å²) in [7, 11) is 0.341. The van der Waals surface area contributed by atoms with Crippen LogP contribution in [0, 0.1) is 5.41 Å². The summed E-state index contributed by atoms with van der Waals surface area (Å²) in [5.74, 6) is 0.235. The van der Waals surface area contributed by atoms with E-state index in [0.717, 1.165) is 16.7 Å². The Bertz CT molecular complexity index is 1110. The van der Waals surface area contributed by atoms with Crippen LogP contribution in [0.25, 0.3) is 0 Å². The number of pyridine rings is 1. The second-order valence-corrected chi connectivity index (χ2v) is 12.9. The topological polar surface area (TPSA) is 94.1 Å². The average Bonchev–Trinajstić information content (AvgIpc) is 3.17. The van der Waals surface area contributed by atoms with Gasteiger partial charge in [-0.3, -0.25) is 4.98 Å². The normalized spacial score (nSPS) is 22.5. The Morgan fingerprint density at radius 2 is 1.42 bits per heavy atom. The van der Waals surface area contributed by atoms with Gasteiger partial charge in [-0.2, -0.15) is 0 Å². The third kappa shape index (κ3) is 5.36. The average molecular weight is 525 g/mol. The maximum absolute atomic E-state index is 6.22. The molecule has 0 amide bonds. The lowest BCUT2D eigenvalue weighted by atomic mass is 9.73. The van der Waals surface area contributed by atoms with Gasteiger partial charge in [-0.15, -0.1) is 0 Å². The Balaban J connectivity index is 1.62. The minimum atomic E-state index is -0.771. The van der Waals surface area contributed by atoms with E-state index in [9.17, 15) is 0 Å². The molecule has 0 N–H and O–H groups in total. The standard InChI is InChI=1S/C27H41B2N3O6/c1-23(2,16-34-29-37-26(7,8)27(9,10)38-29)21(19-15-30-17-32-22(19)33-11)20-13-12-18(14-31-20)28-35-24(3,4)25(5,6)36-28/h12-15,17,21H,16H2,1-11H3. The van der Waals surface area contributed by atoms with Crippen molar-refractivity contribution >= 4 is 19.9 Å². The summed E-state index contributed by atoms with van der Waals surface area (Å²) >= 11 is 0. The molecule has 206 valence electrons. The van der Waals surface area contributed by atoms with Crippen molar-refractivity contribution in [1.82, 2.24) is 15.0 Å². The van der Waals surface area contributed by atoms with E-state index < -0.39 is 42.3 Å². The van der Waals surface area contributed by atoms with Gasteiger partial charge < -0.3 is 28.0 Å². The van der Waals surface area contributed by atoms with Crippen molar-refractivity contribution in [3.63, 3.8) is 0 Å². The Hall–Kier alpha value is -2.04. The first-order valence-corrected chi connectivity index (χ1v) is 13.1. The highest BCUT2D eigenvalue weighted by atomic mass is 16.8. The molecule has 0 aromatic carbocycles. The molecule has 2 fully saturated rings. The molecule has 1 atom stereocenters. The minimum Gasteiger partial charge on any atom is -0.481 e. The maximum Gasteiger partial charge on any atom is 0.640 e. The third-order valence-electron chi connectivity index (χ3n) is 8.44. The Kier molecular flexibility index (Phi) is 7.51. The van der Waals surface area contributed by atoms with E-state index in [4.69, 9.17) is 33.0 Å². The van der Waals surface area contributed by atoms with Crippen LogP contribution in [0.4, 0.5) is 0 Å². The molecule has 2 aromatic rings. The van der Waals surface area contributed by atoms with Crippen LogP contribution in [0.1, 0.15) is 86.4 Å². The monoisotopic (exact) mass is 525 g/mol. The van der Waals surface area contributed by atoms with Crippen LogP contribution in [-0.4, -0.2) is 65.5 Å². The first-order valence-electron chi connectivity index (χ1n) is 13.1. The number of ether oxygens (including phenoxy) is 1. The fraction of sp³-hybridized carbons (Fsp3) is 0.667. The zero-order chi connectivity index (χ0) is 28.1. The Morgan fingerprint density at radius 1 is 0.842 bits per heavy atom. The van der Waals surface area contributed by atoms with Gasteiger partial charge in [0.15, 0.2) is 0 Å². The third-order valence-corrected chi connectivity index (χ3v) is 8.44. The van der Waals surface area contributed by atoms with Crippen LogP contribution in [0.15, 0.2) is 30.9 Å². The molecule has 2 saturated heterocycles. The summed E-state index contributed by atoms with van der Waals surface area (Å²) in [6.07, 6.45) is 5.06. The molecule has 0 aliphatic carbocycles. The molecule has 4 rings (SSSR count). The van der Waals surface area contributed by atoms with Crippen molar-refractivity contribution in [2.24, 2.45) is 5.41 Å². The molecule has 0 saturated carbocycles. The van der Waals surface area contributed by atoms with E-state index in [1.165, 1.54) is 6.33 Å². The fourth-order valence-corrected chi connectivity index (χ4v) is 4.61. The molecule has 4 heterocycles. The Morgan fingerprint density at radius 3 is 1.95 bits per heavy atom. The van der Waals surface area contributed by atoms with Gasteiger partial charge in [0.05, 0.1) is 29.5 Å². The van der Waals surface area contributed by atoms with Gasteiger partial charge in [-0.1, -0.05) is 19.9 Å². The smallest absolute Gasteiger partial charge is 0.481 e. The van der Waals surface area contributed by atoms with E-state index in [2.05, 4.69) is 23.8 Å². The van der Waals surface area contributed by atoms with Crippen LogP contribution in [-0.2, 0) is 23.3 Å². The summed E-state index contributed by atoms with van der Waals surface area (Å²) in [5.41, 5.74) is 0.190. The molecule has 38 heavy (non-hydrogen) atoms. The van der Waals surface area contributed by atoms with Crippen LogP contribution in [0.5, 0.6) is 5.88 Å². The molecular formula is C27H41B2N3O6. The van der Waals surface area contributed by atoms with E-state index in [1.54, 1.807) is 13.3 Å². The second-order valence-electron chi connectivity index (χ2n) is 12.9. The summed E-state index contributed by atoms with van der Waals surface area (Å²) in [4.78, 5) is 13.5. The molecular weight excluding hydrogens is 484 g/mol. The van der Waals surface area contributed by atoms with E-state index >= 15 is 0 Å². The van der Waals surface area contributed by atoms with Crippen LogP contribution in [0.2, 0.25) is 0 Å². The maximum atomic E-state index is 6.22. The summed E-state index contributed by atoms with van der Waals surface area (Å²) in [5, 5.41) is 0. The molecule has 2 aliphatic heterocycles.